The monoisotopic (exact) mass is 674 g/mol. The molecule has 0 saturated heterocycles. The normalized spacial score (nSPS) is 13.8. The zero-order chi connectivity index (χ0) is 35.9. The van der Waals surface area contributed by atoms with E-state index in [0.717, 1.165) is 22.3 Å². The van der Waals surface area contributed by atoms with Crippen LogP contribution in [0.2, 0.25) is 0 Å². The molecule has 3 N–H and O–H groups in total. The van der Waals surface area contributed by atoms with E-state index in [1.165, 1.54) is 6.92 Å². The summed E-state index contributed by atoms with van der Waals surface area (Å²) in [6.07, 6.45) is 2.37. The van der Waals surface area contributed by atoms with E-state index in [0.29, 0.717) is 6.42 Å². The van der Waals surface area contributed by atoms with Crippen LogP contribution >= 0.6 is 0 Å². The summed E-state index contributed by atoms with van der Waals surface area (Å²) >= 11 is 0. The van der Waals surface area contributed by atoms with E-state index >= 15 is 0 Å². The molecule has 0 aliphatic rings. The molecule has 4 aromatic carbocycles. The number of benzene rings is 4. The molecule has 0 aromatic heterocycles. The fraction of sp³-hybridized carbons (Fsp3) is 0.293. The second-order valence-corrected chi connectivity index (χ2v) is 13.2. The molecule has 3 amide bonds. The number of carbonyl (C=O) groups excluding carboxylic acids is 4. The molecule has 0 saturated carbocycles. The minimum atomic E-state index is -1.03. The van der Waals surface area contributed by atoms with Crippen LogP contribution in [-0.2, 0) is 43.2 Å². The lowest BCUT2D eigenvalue weighted by molar-refractivity contribution is -0.158. The van der Waals surface area contributed by atoms with Gasteiger partial charge in [0, 0.05) is 25.5 Å². The Morgan fingerprint density at radius 3 is 1.54 bits per heavy atom. The van der Waals surface area contributed by atoms with Gasteiger partial charge in [0.15, 0.2) is 0 Å². The fourth-order valence-corrected chi connectivity index (χ4v) is 5.18. The van der Waals surface area contributed by atoms with Gasteiger partial charge in [-0.3, -0.25) is 19.4 Å². The van der Waals surface area contributed by atoms with Gasteiger partial charge in [-0.2, -0.15) is 0 Å². The number of aliphatic imine (C=N–C) groups is 1. The van der Waals surface area contributed by atoms with Crippen LogP contribution in [0.3, 0.4) is 0 Å². The highest BCUT2D eigenvalue weighted by atomic mass is 16.6. The van der Waals surface area contributed by atoms with Gasteiger partial charge in [0.05, 0.1) is 0 Å². The Hall–Kier alpha value is -5.57. The van der Waals surface area contributed by atoms with Crippen molar-refractivity contribution < 1.29 is 23.9 Å². The molecule has 0 heterocycles. The molecule has 0 unspecified atom stereocenters. The molecule has 0 fully saturated rings. The summed E-state index contributed by atoms with van der Waals surface area (Å²) in [4.78, 5) is 58.9. The van der Waals surface area contributed by atoms with Gasteiger partial charge in [0.25, 0.3) is 0 Å². The summed E-state index contributed by atoms with van der Waals surface area (Å²) in [5.41, 5.74) is 2.66. The molecule has 0 spiro atoms. The second kappa shape index (κ2) is 18.3. The van der Waals surface area contributed by atoms with Crippen molar-refractivity contribution >= 4 is 29.9 Å². The van der Waals surface area contributed by atoms with Crippen molar-refractivity contribution in [2.24, 2.45) is 4.99 Å². The molecule has 0 aliphatic carbocycles. The van der Waals surface area contributed by atoms with E-state index in [-0.39, 0.29) is 12.8 Å². The Bertz CT molecular complexity index is 1710. The zero-order valence-corrected chi connectivity index (χ0v) is 29.0. The third kappa shape index (κ3) is 12.5. The van der Waals surface area contributed by atoms with E-state index < -0.39 is 53.5 Å². The molecular weight excluding hydrogens is 628 g/mol. The number of esters is 1. The van der Waals surface area contributed by atoms with Gasteiger partial charge >= 0.3 is 5.97 Å². The second-order valence-electron chi connectivity index (χ2n) is 13.2. The smallest absolute Gasteiger partial charge is 0.329 e. The Labute approximate surface area is 294 Å². The predicted molar refractivity (Wildman–Crippen MR) is 196 cm³/mol. The Balaban J connectivity index is 1.51. The van der Waals surface area contributed by atoms with Crippen molar-refractivity contribution in [1.29, 1.82) is 0 Å². The van der Waals surface area contributed by atoms with Crippen LogP contribution in [0.25, 0.3) is 0 Å². The van der Waals surface area contributed by atoms with E-state index in [4.69, 9.17) is 4.74 Å². The molecule has 0 radical (unpaired) electrons. The largest absolute Gasteiger partial charge is 0.458 e. The van der Waals surface area contributed by atoms with E-state index in [1.54, 1.807) is 27.0 Å². The number of rotatable bonds is 15. The van der Waals surface area contributed by atoms with Crippen molar-refractivity contribution in [1.82, 2.24) is 16.0 Å². The molecular formula is C41H46N4O5. The summed E-state index contributed by atoms with van der Waals surface area (Å²) in [5, 5.41) is 8.43. The van der Waals surface area contributed by atoms with E-state index in [1.807, 2.05) is 121 Å². The maximum Gasteiger partial charge on any atom is 0.329 e. The molecule has 50 heavy (non-hydrogen) atoms. The first-order chi connectivity index (χ1) is 24.0. The first kappa shape index (κ1) is 37.3. The summed E-state index contributed by atoms with van der Waals surface area (Å²) < 4.78 is 5.60. The molecule has 0 bridgehead atoms. The lowest BCUT2D eigenvalue weighted by Gasteiger charge is -2.26. The fourth-order valence-electron chi connectivity index (χ4n) is 5.18. The summed E-state index contributed by atoms with van der Waals surface area (Å²) in [5.74, 6) is -2.12. The third-order valence-electron chi connectivity index (χ3n) is 7.74. The molecule has 0 aliphatic heterocycles. The standard InChI is InChI=1S/C41H46N4O5/c1-29(37(46)45-36(40(49)50-41(2,3)4)27-32-21-13-7-14-22-32)43-39(48)35(26-31-19-11-6-12-20-31)44-38(47)34(25-30-17-9-5-10-18-30)42-28-33-23-15-8-16-24-33/h5-24,28-29,34-36H,25-27H2,1-4H3,(H,43,48)(H,44,47)(H,45,46)/t29-,34-,35-,36-/m0/s1. The Morgan fingerprint density at radius 1 is 0.600 bits per heavy atom. The molecule has 4 rings (SSSR count). The van der Waals surface area contributed by atoms with Gasteiger partial charge in [-0.05, 0) is 49.9 Å². The van der Waals surface area contributed by atoms with Gasteiger partial charge in [0.1, 0.15) is 29.8 Å². The minimum Gasteiger partial charge on any atom is -0.458 e. The Morgan fingerprint density at radius 2 is 1.04 bits per heavy atom. The maximum absolute atomic E-state index is 13.9. The highest BCUT2D eigenvalue weighted by Gasteiger charge is 2.31. The third-order valence-corrected chi connectivity index (χ3v) is 7.74. The average molecular weight is 675 g/mol. The molecule has 9 nitrogen and oxygen atoms in total. The van der Waals surface area contributed by atoms with Crippen LogP contribution in [0.4, 0.5) is 0 Å². The van der Waals surface area contributed by atoms with E-state index in [9.17, 15) is 19.2 Å². The summed E-state index contributed by atoms with van der Waals surface area (Å²) in [6.45, 7) is 6.81. The summed E-state index contributed by atoms with van der Waals surface area (Å²) in [7, 11) is 0. The van der Waals surface area contributed by atoms with Gasteiger partial charge in [-0.15, -0.1) is 0 Å². The summed E-state index contributed by atoms with van der Waals surface area (Å²) in [6, 6.07) is 33.8. The SMILES string of the molecule is C[C@H](NC(=O)[C@H](Cc1ccccc1)NC(=O)[C@H](Cc1ccccc1)N=Cc1ccccc1)C(=O)N[C@@H](Cc1ccccc1)C(=O)OC(C)(C)C. The number of carbonyl (C=O) groups is 4. The van der Waals surface area contributed by atoms with Gasteiger partial charge in [-0.1, -0.05) is 121 Å². The zero-order valence-electron chi connectivity index (χ0n) is 29.0. The Kier molecular flexibility index (Phi) is 13.6. The average Bonchev–Trinajstić information content (AvgIpc) is 3.10. The van der Waals surface area contributed by atoms with Crippen molar-refractivity contribution in [2.75, 3.05) is 0 Å². The van der Waals surface area contributed by atoms with Crippen molar-refractivity contribution in [3.63, 3.8) is 0 Å². The highest BCUT2D eigenvalue weighted by molar-refractivity contribution is 5.95. The van der Waals surface area contributed by atoms with Crippen LogP contribution in [0.5, 0.6) is 0 Å². The first-order valence-corrected chi connectivity index (χ1v) is 16.8. The van der Waals surface area contributed by atoms with Crippen molar-refractivity contribution in [2.45, 2.75) is 76.7 Å². The quantitative estimate of drug-likeness (QED) is 0.121. The topological polar surface area (TPSA) is 126 Å². The highest BCUT2D eigenvalue weighted by Crippen LogP contribution is 2.13. The van der Waals surface area contributed by atoms with E-state index in [2.05, 4.69) is 20.9 Å². The van der Waals surface area contributed by atoms with Crippen molar-refractivity contribution in [3.05, 3.63) is 144 Å². The van der Waals surface area contributed by atoms with Crippen LogP contribution in [0, 0.1) is 0 Å². The van der Waals surface area contributed by atoms with Crippen molar-refractivity contribution in [3.8, 4) is 0 Å². The number of nitrogens with one attached hydrogen (secondary N) is 3. The minimum absolute atomic E-state index is 0.182. The number of hydrogen-bond acceptors (Lipinski definition) is 6. The molecule has 4 aromatic rings. The van der Waals surface area contributed by atoms with Crippen LogP contribution in [0.15, 0.2) is 126 Å². The van der Waals surface area contributed by atoms with Crippen LogP contribution < -0.4 is 16.0 Å². The number of amides is 3. The van der Waals surface area contributed by atoms with Gasteiger partial charge in [0.2, 0.25) is 17.7 Å². The van der Waals surface area contributed by atoms with Gasteiger partial charge < -0.3 is 20.7 Å². The maximum atomic E-state index is 13.9. The molecule has 9 heteroatoms. The van der Waals surface area contributed by atoms with Gasteiger partial charge in [-0.25, -0.2) is 4.79 Å². The van der Waals surface area contributed by atoms with Crippen LogP contribution in [0.1, 0.15) is 49.9 Å². The molecule has 260 valence electrons. The van der Waals surface area contributed by atoms with Crippen LogP contribution in [-0.4, -0.2) is 59.7 Å². The lowest BCUT2D eigenvalue weighted by atomic mass is 10.0. The lowest BCUT2D eigenvalue weighted by Crippen LogP contribution is -2.56. The first-order valence-electron chi connectivity index (χ1n) is 16.8. The number of nitrogens with zero attached hydrogens (tertiary/aromatic N) is 1. The number of hydrogen-bond donors (Lipinski definition) is 3. The molecule has 4 atom stereocenters. The predicted octanol–water partition coefficient (Wildman–Crippen LogP) is 5.02. The number of ether oxygens (including phenoxy) is 1.